The van der Waals surface area contributed by atoms with Crippen LogP contribution in [0.5, 0.6) is 0 Å². The van der Waals surface area contributed by atoms with Crippen LogP contribution in [0.4, 0.5) is 17.1 Å². The molecule has 33 heavy (non-hydrogen) atoms. The second-order valence-electron chi connectivity index (χ2n) is 8.98. The maximum absolute atomic E-state index is 12.7. The third kappa shape index (κ3) is 4.55. The summed E-state index contributed by atoms with van der Waals surface area (Å²) in [5.41, 5.74) is 4.93. The minimum absolute atomic E-state index is 0.0502. The SMILES string of the molecule is CCC1C(C)C(Nc2ccc(C(=O)NC)cc2)c2cc(N3CCNCC3)ccc2N1C(C)=O. The van der Waals surface area contributed by atoms with Crippen LogP contribution in [-0.4, -0.2) is 51.1 Å². The van der Waals surface area contributed by atoms with E-state index in [1.54, 1.807) is 14.0 Å². The number of carbonyl (C=O) groups is 2. The summed E-state index contributed by atoms with van der Waals surface area (Å²) in [6, 6.07) is 14.3. The van der Waals surface area contributed by atoms with E-state index in [1.165, 1.54) is 5.69 Å². The van der Waals surface area contributed by atoms with E-state index in [0.29, 0.717) is 5.56 Å². The number of benzene rings is 2. The molecule has 4 rings (SSSR count). The van der Waals surface area contributed by atoms with Crippen molar-refractivity contribution >= 4 is 28.9 Å². The largest absolute Gasteiger partial charge is 0.378 e. The third-order valence-corrected chi connectivity index (χ3v) is 7.01. The number of amides is 2. The van der Waals surface area contributed by atoms with Crippen molar-refractivity contribution in [3.05, 3.63) is 53.6 Å². The van der Waals surface area contributed by atoms with Crippen molar-refractivity contribution in [2.45, 2.75) is 39.3 Å². The fourth-order valence-corrected chi connectivity index (χ4v) is 5.26. The van der Waals surface area contributed by atoms with E-state index in [0.717, 1.165) is 49.5 Å². The van der Waals surface area contributed by atoms with E-state index in [-0.39, 0.29) is 29.8 Å². The summed E-state index contributed by atoms with van der Waals surface area (Å²) in [7, 11) is 1.64. The summed E-state index contributed by atoms with van der Waals surface area (Å²) >= 11 is 0. The minimum Gasteiger partial charge on any atom is -0.378 e. The number of hydrogen-bond acceptors (Lipinski definition) is 5. The monoisotopic (exact) mass is 449 g/mol. The molecule has 7 nitrogen and oxygen atoms in total. The molecule has 7 heteroatoms. The van der Waals surface area contributed by atoms with Gasteiger partial charge in [0.1, 0.15) is 0 Å². The lowest BCUT2D eigenvalue weighted by atomic mass is 9.80. The van der Waals surface area contributed by atoms with Gasteiger partial charge in [0.2, 0.25) is 5.91 Å². The Morgan fingerprint density at radius 1 is 1.09 bits per heavy atom. The Bertz CT molecular complexity index is 1000. The van der Waals surface area contributed by atoms with Crippen molar-refractivity contribution in [1.29, 1.82) is 0 Å². The number of piperazine rings is 1. The highest BCUT2D eigenvalue weighted by Crippen LogP contribution is 2.45. The molecule has 0 spiro atoms. The fourth-order valence-electron chi connectivity index (χ4n) is 5.26. The zero-order valence-corrected chi connectivity index (χ0v) is 20.0. The van der Waals surface area contributed by atoms with Crippen LogP contribution in [-0.2, 0) is 4.79 Å². The van der Waals surface area contributed by atoms with Gasteiger partial charge in [-0.2, -0.15) is 0 Å². The van der Waals surface area contributed by atoms with Gasteiger partial charge in [-0.15, -0.1) is 0 Å². The van der Waals surface area contributed by atoms with Gasteiger partial charge in [0.25, 0.3) is 5.91 Å². The van der Waals surface area contributed by atoms with Crippen molar-refractivity contribution in [3.8, 4) is 0 Å². The van der Waals surface area contributed by atoms with Crippen LogP contribution in [0.1, 0.15) is 49.2 Å². The maximum Gasteiger partial charge on any atom is 0.251 e. The van der Waals surface area contributed by atoms with Gasteiger partial charge in [0.15, 0.2) is 0 Å². The molecule has 3 atom stereocenters. The van der Waals surface area contributed by atoms with Crippen LogP contribution < -0.4 is 25.8 Å². The van der Waals surface area contributed by atoms with Gasteiger partial charge in [0.05, 0.1) is 6.04 Å². The Labute approximate surface area is 196 Å². The van der Waals surface area contributed by atoms with Gasteiger partial charge >= 0.3 is 0 Å². The maximum atomic E-state index is 12.7. The number of nitrogens with zero attached hydrogens (tertiary/aromatic N) is 2. The van der Waals surface area contributed by atoms with E-state index in [2.05, 4.69) is 52.9 Å². The van der Waals surface area contributed by atoms with Gasteiger partial charge in [-0.25, -0.2) is 0 Å². The Balaban J connectivity index is 1.73. The summed E-state index contributed by atoms with van der Waals surface area (Å²) < 4.78 is 0. The number of anilines is 3. The summed E-state index contributed by atoms with van der Waals surface area (Å²) in [5, 5.41) is 9.80. The summed E-state index contributed by atoms with van der Waals surface area (Å²) in [5.74, 6) is 0.197. The van der Waals surface area contributed by atoms with E-state index in [4.69, 9.17) is 0 Å². The summed E-state index contributed by atoms with van der Waals surface area (Å²) in [6.07, 6.45) is 0.882. The molecule has 1 fully saturated rings. The predicted octanol–water partition coefficient (Wildman–Crippen LogP) is 3.39. The van der Waals surface area contributed by atoms with Crippen molar-refractivity contribution in [2.75, 3.05) is 48.3 Å². The Hall–Kier alpha value is -3.06. The zero-order valence-electron chi connectivity index (χ0n) is 20.0. The average molecular weight is 450 g/mol. The third-order valence-electron chi connectivity index (χ3n) is 7.01. The molecule has 2 aliphatic rings. The molecule has 0 aromatic heterocycles. The van der Waals surface area contributed by atoms with Crippen LogP contribution in [0.25, 0.3) is 0 Å². The highest BCUT2D eigenvalue weighted by atomic mass is 16.2. The molecule has 176 valence electrons. The van der Waals surface area contributed by atoms with E-state index in [9.17, 15) is 9.59 Å². The van der Waals surface area contributed by atoms with Crippen LogP contribution in [0.15, 0.2) is 42.5 Å². The van der Waals surface area contributed by atoms with Gasteiger partial charge < -0.3 is 25.8 Å². The first-order valence-electron chi connectivity index (χ1n) is 11.9. The molecule has 2 amide bonds. The number of fused-ring (bicyclic) bond motifs is 1. The van der Waals surface area contributed by atoms with Crippen LogP contribution in [0, 0.1) is 5.92 Å². The average Bonchev–Trinajstić information content (AvgIpc) is 2.85. The van der Waals surface area contributed by atoms with Crippen molar-refractivity contribution in [1.82, 2.24) is 10.6 Å². The lowest BCUT2D eigenvalue weighted by molar-refractivity contribution is -0.117. The van der Waals surface area contributed by atoms with Crippen molar-refractivity contribution in [2.24, 2.45) is 5.92 Å². The van der Waals surface area contributed by atoms with E-state index < -0.39 is 0 Å². The first-order chi connectivity index (χ1) is 15.9. The molecule has 0 aliphatic carbocycles. The van der Waals surface area contributed by atoms with Gasteiger partial charge in [-0.3, -0.25) is 9.59 Å². The van der Waals surface area contributed by atoms with Crippen LogP contribution in [0.2, 0.25) is 0 Å². The smallest absolute Gasteiger partial charge is 0.251 e. The lowest BCUT2D eigenvalue weighted by Crippen LogP contribution is -2.50. The highest BCUT2D eigenvalue weighted by Gasteiger charge is 2.40. The van der Waals surface area contributed by atoms with E-state index >= 15 is 0 Å². The van der Waals surface area contributed by atoms with Gasteiger partial charge in [-0.1, -0.05) is 13.8 Å². The topological polar surface area (TPSA) is 76.7 Å². The second kappa shape index (κ2) is 9.83. The minimum atomic E-state index is -0.0956. The Kier molecular flexibility index (Phi) is 6.88. The van der Waals surface area contributed by atoms with Crippen LogP contribution >= 0.6 is 0 Å². The lowest BCUT2D eigenvalue weighted by Gasteiger charge is -2.46. The highest BCUT2D eigenvalue weighted by molar-refractivity contribution is 5.95. The molecule has 1 saturated heterocycles. The number of nitrogens with one attached hydrogen (secondary N) is 3. The summed E-state index contributed by atoms with van der Waals surface area (Å²) in [4.78, 5) is 29.0. The first kappa shape index (κ1) is 23.1. The Morgan fingerprint density at radius 2 is 1.79 bits per heavy atom. The molecule has 0 saturated carbocycles. The molecular formula is C26H35N5O2. The summed E-state index contributed by atoms with van der Waals surface area (Å²) in [6.45, 7) is 9.93. The number of hydrogen-bond donors (Lipinski definition) is 3. The van der Waals surface area contributed by atoms with Gasteiger partial charge in [-0.05, 0) is 48.9 Å². The molecule has 2 aliphatic heterocycles. The fraction of sp³-hybridized carbons (Fsp3) is 0.462. The van der Waals surface area contributed by atoms with Gasteiger partial charge in [0, 0.05) is 80.3 Å². The standard InChI is InChI=1S/C26H35N5O2/c1-5-23-17(2)25(29-20-8-6-19(7-9-20)26(33)27-4)22-16-21(30-14-12-28-13-15-30)10-11-24(22)31(23)18(3)32/h6-11,16-17,23,25,28-29H,5,12-15H2,1-4H3,(H,27,33). The van der Waals surface area contributed by atoms with Crippen molar-refractivity contribution < 1.29 is 9.59 Å². The van der Waals surface area contributed by atoms with Crippen molar-refractivity contribution in [3.63, 3.8) is 0 Å². The number of rotatable bonds is 5. The first-order valence-corrected chi connectivity index (χ1v) is 11.9. The molecule has 2 aromatic carbocycles. The molecule has 0 radical (unpaired) electrons. The molecule has 3 N–H and O–H groups in total. The zero-order chi connectivity index (χ0) is 23.5. The normalized spacial score (nSPS) is 22.5. The molecule has 0 bridgehead atoms. The number of carbonyl (C=O) groups excluding carboxylic acids is 2. The molecule has 3 unspecified atom stereocenters. The molecule has 2 aromatic rings. The second-order valence-corrected chi connectivity index (χ2v) is 8.98. The predicted molar refractivity (Wildman–Crippen MR) is 134 cm³/mol. The molecular weight excluding hydrogens is 414 g/mol. The van der Waals surface area contributed by atoms with Crippen LogP contribution in [0.3, 0.4) is 0 Å². The molecule has 2 heterocycles. The Morgan fingerprint density at radius 3 is 2.39 bits per heavy atom. The quantitative estimate of drug-likeness (QED) is 0.652. The van der Waals surface area contributed by atoms with E-state index in [1.807, 2.05) is 29.2 Å².